The zero-order valence-corrected chi connectivity index (χ0v) is 14.8. The standard InChI is InChI=1S/C20H16N8/c1-2-4-14(5-3-1)16-12-19(28-18(24-16)8-11-23-28)22-13-17-25-20(27-26-17)15-6-9-21-10-7-15/h1-12,22H,13H2,(H,25,26,27). The van der Waals surface area contributed by atoms with Gasteiger partial charge in [-0.1, -0.05) is 30.3 Å². The molecule has 0 unspecified atom stereocenters. The predicted molar refractivity (Wildman–Crippen MR) is 105 cm³/mol. The molecule has 0 aliphatic rings. The van der Waals surface area contributed by atoms with Crippen molar-refractivity contribution in [3.05, 3.63) is 79.0 Å². The third kappa shape index (κ3) is 3.07. The highest BCUT2D eigenvalue weighted by Gasteiger charge is 2.10. The van der Waals surface area contributed by atoms with Gasteiger partial charge >= 0.3 is 0 Å². The van der Waals surface area contributed by atoms with Crippen molar-refractivity contribution in [1.82, 2.24) is 34.8 Å². The number of nitrogens with one attached hydrogen (secondary N) is 2. The second-order valence-electron chi connectivity index (χ2n) is 6.19. The topological polar surface area (TPSA) is 96.7 Å². The van der Waals surface area contributed by atoms with Crippen LogP contribution >= 0.6 is 0 Å². The van der Waals surface area contributed by atoms with E-state index in [2.05, 4.69) is 35.6 Å². The molecule has 0 atom stereocenters. The minimum absolute atomic E-state index is 0.477. The predicted octanol–water partition coefficient (Wildman–Crippen LogP) is 3.19. The maximum Gasteiger partial charge on any atom is 0.181 e. The minimum Gasteiger partial charge on any atom is -0.363 e. The molecule has 0 radical (unpaired) electrons. The molecule has 0 fully saturated rings. The largest absolute Gasteiger partial charge is 0.363 e. The van der Waals surface area contributed by atoms with Gasteiger partial charge < -0.3 is 5.32 Å². The van der Waals surface area contributed by atoms with Gasteiger partial charge in [-0.25, -0.2) is 9.97 Å². The van der Waals surface area contributed by atoms with Crippen molar-refractivity contribution < 1.29 is 0 Å². The molecule has 4 aromatic heterocycles. The molecule has 0 saturated heterocycles. The monoisotopic (exact) mass is 368 g/mol. The first-order chi connectivity index (χ1) is 13.9. The third-order valence-corrected chi connectivity index (χ3v) is 4.34. The summed E-state index contributed by atoms with van der Waals surface area (Å²) in [4.78, 5) is 13.2. The van der Waals surface area contributed by atoms with Crippen LogP contribution in [-0.2, 0) is 6.54 Å². The van der Waals surface area contributed by atoms with Crippen LogP contribution in [0.5, 0.6) is 0 Å². The fraction of sp³-hybridized carbons (Fsp3) is 0.0500. The molecule has 0 spiro atoms. The third-order valence-electron chi connectivity index (χ3n) is 4.34. The van der Waals surface area contributed by atoms with Crippen LogP contribution < -0.4 is 5.32 Å². The number of H-pyrrole nitrogens is 1. The maximum absolute atomic E-state index is 4.68. The van der Waals surface area contributed by atoms with Crippen molar-refractivity contribution >= 4 is 11.5 Å². The van der Waals surface area contributed by atoms with Crippen molar-refractivity contribution in [3.8, 4) is 22.6 Å². The quantitative estimate of drug-likeness (QED) is 0.494. The Bertz CT molecular complexity index is 1210. The van der Waals surface area contributed by atoms with E-state index >= 15 is 0 Å². The van der Waals surface area contributed by atoms with Gasteiger partial charge in [0.25, 0.3) is 0 Å². The first-order valence-corrected chi connectivity index (χ1v) is 8.82. The van der Waals surface area contributed by atoms with Gasteiger partial charge in [0.05, 0.1) is 18.4 Å². The number of nitrogens with zero attached hydrogens (tertiary/aromatic N) is 6. The first kappa shape index (κ1) is 16.1. The molecule has 8 nitrogen and oxygen atoms in total. The van der Waals surface area contributed by atoms with Crippen LogP contribution in [0.1, 0.15) is 5.82 Å². The summed E-state index contributed by atoms with van der Waals surface area (Å²) in [5.41, 5.74) is 3.63. The molecule has 0 amide bonds. The molecule has 0 saturated carbocycles. The molecule has 8 heteroatoms. The summed E-state index contributed by atoms with van der Waals surface area (Å²) in [7, 11) is 0. The first-order valence-electron chi connectivity index (χ1n) is 8.82. The van der Waals surface area contributed by atoms with Crippen LogP contribution in [-0.4, -0.2) is 34.8 Å². The molecule has 136 valence electrons. The van der Waals surface area contributed by atoms with E-state index < -0.39 is 0 Å². The number of fused-ring (bicyclic) bond motifs is 1. The highest BCUT2D eigenvalue weighted by atomic mass is 15.3. The van der Waals surface area contributed by atoms with E-state index in [9.17, 15) is 0 Å². The number of rotatable bonds is 5. The van der Waals surface area contributed by atoms with E-state index in [0.29, 0.717) is 12.4 Å². The van der Waals surface area contributed by atoms with Crippen LogP contribution in [0, 0.1) is 0 Å². The Morgan fingerprint density at radius 2 is 1.75 bits per heavy atom. The Morgan fingerprint density at radius 3 is 2.61 bits per heavy atom. The average molecular weight is 368 g/mol. The lowest BCUT2D eigenvalue weighted by Crippen LogP contribution is -2.07. The molecule has 28 heavy (non-hydrogen) atoms. The van der Waals surface area contributed by atoms with Gasteiger partial charge in [-0.05, 0) is 12.1 Å². The Labute approximate surface area is 160 Å². The molecule has 0 aliphatic heterocycles. The van der Waals surface area contributed by atoms with E-state index in [1.54, 1.807) is 23.1 Å². The van der Waals surface area contributed by atoms with Gasteiger partial charge in [0.15, 0.2) is 11.5 Å². The fourth-order valence-electron chi connectivity index (χ4n) is 2.97. The Hall–Kier alpha value is -4.07. The van der Waals surface area contributed by atoms with Crippen LogP contribution in [0.2, 0.25) is 0 Å². The van der Waals surface area contributed by atoms with Gasteiger partial charge in [0.2, 0.25) is 0 Å². The van der Waals surface area contributed by atoms with Crippen molar-refractivity contribution in [2.24, 2.45) is 0 Å². The zero-order chi connectivity index (χ0) is 18.8. The van der Waals surface area contributed by atoms with E-state index in [1.165, 1.54) is 0 Å². The van der Waals surface area contributed by atoms with Gasteiger partial charge in [-0.3, -0.25) is 10.1 Å². The Morgan fingerprint density at radius 1 is 0.893 bits per heavy atom. The molecule has 2 N–H and O–H groups in total. The molecule has 4 heterocycles. The molecule has 1 aromatic carbocycles. The number of hydrogen-bond donors (Lipinski definition) is 2. The molecule has 0 bridgehead atoms. The fourth-order valence-corrected chi connectivity index (χ4v) is 2.97. The summed E-state index contributed by atoms with van der Waals surface area (Å²) in [6.07, 6.45) is 5.18. The molecular weight excluding hydrogens is 352 g/mol. The normalized spacial score (nSPS) is 11.0. The Kier molecular flexibility index (Phi) is 3.98. The van der Waals surface area contributed by atoms with Crippen molar-refractivity contribution in [1.29, 1.82) is 0 Å². The number of benzene rings is 1. The van der Waals surface area contributed by atoms with Gasteiger partial charge in [-0.15, -0.1) is 0 Å². The number of aromatic nitrogens is 7. The lowest BCUT2D eigenvalue weighted by molar-refractivity contribution is 0.898. The summed E-state index contributed by atoms with van der Waals surface area (Å²) in [5, 5.41) is 15.0. The summed E-state index contributed by atoms with van der Waals surface area (Å²) in [6.45, 7) is 0.477. The minimum atomic E-state index is 0.477. The molecule has 5 rings (SSSR count). The summed E-state index contributed by atoms with van der Waals surface area (Å²) in [6, 6.07) is 17.7. The van der Waals surface area contributed by atoms with Crippen LogP contribution in [0.3, 0.4) is 0 Å². The van der Waals surface area contributed by atoms with E-state index in [0.717, 1.165) is 34.1 Å². The van der Waals surface area contributed by atoms with Crippen LogP contribution in [0.15, 0.2) is 73.2 Å². The van der Waals surface area contributed by atoms with Crippen molar-refractivity contribution in [3.63, 3.8) is 0 Å². The number of hydrogen-bond acceptors (Lipinski definition) is 6. The van der Waals surface area contributed by atoms with Crippen molar-refractivity contribution in [2.75, 3.05) is 5.32 Å². The number of anilines is 1. The molecule has 0 aliphatic carbocycles. The highest BCUT2D eigenvalue weighted by Crippen LogP contribution is 2.22. The van der Waals surface area contributed by atoms with Gasteiger partial charge in [0.1, 0.15) is 11.6 Å². The van der Waals surface area contributed by atoms with Gasteiger partial charge in [-0.2, -0.15) is 14.7 Å². The SMILES string of the molecule is c1ccc(-c2cc(NCc3nc(-c4ccncc4)n[nH]3)n3nccc3n2)cc1. The van der Waals surface area contributed by atoms with Crippen LogP contribution in [0.25, 0.3) is 28.3 Å². The second-order valence-corrected chi connectivity index (χ2v) is 6.19. The smallest absolute Gasteiger partial charge is 0.181 e. The average Bonchev–Trinajstić information content (AvgIpc) is 3.43. The summed E-state index contributed by atoms with van der Waals surface area (Å²) < 4.78 is 1.77. The maximum atomic E-state index is 4.68. The van der Waals surface area contributed by atoms with Crippen molar-refractivity contribution in [2.45, 2.75) is 6.54 Å². The lowest BCUT2D eigenvalue weighted by Gasteiger charge is -2.09. The summed E-state index contributed by atoms with van der Waals surface area (Å²) in [5.74, 6) is 2.20. The molecule has 5 aromatic rings. The summed E-state index contributed by atoms with van der Waals surface area (Å²) >= 11 is 0. The second kappa shape index (κ2) is 6.92. The van der Waals surface area contributed by atoms with E-state index in [1.807, 2.05) is 54.6 Å². The molecular formula is C20H16N8. The number of pyridine rings is 1. The van der Waals surface area contributed by atoms with Crippen LogP contribution in [0.4, 0.5) is 5.82 Å². The highest BCUT2D eigenvalue weighted by molar-refractivity contribution is 5.66. The van der Waals surface area contributed by atoms with Gasteiger partial charge in [0, 0.05) is 35.7 Å². The number of aromatic amines is 1. The lowest BCUT2D eigenvalue weighted by atomic mass is 10.1. The zero-order valence-electron chi connectivity index (χ0n) is 14.8. The Balaban J connectivity index is 1.42. The van der Waals surface area contributed by atoms with E-state index in [-0.39, 0.29) is 0 Å². The van der Waals surface area contributed by atoms with E-state index in [4.69, 9.17) is 0 Å².